The molecule has 0 aromatic heterocycles. The monoisotopic (exact) mass is 414 g/mol. The SMILES string of the molecule is CCc1ccccc1N(CC(=O)NCc1ccc(Cl)cc1Cl)S(C)(=O)=O. The van der Waals surface area contributed by atoms with Crippen molar-refractivity contribution in [3.05, 3.63) is 63.6 Å². The van der Waals surface area contributed by atoms with Crippen LogP contribution in [-0.4, -0.2) is 27.1 Å². The van der Waals surface area contributed by atoms with Crippen molar-refractivity contribution >= 4 is 44.8 Å². The van der Waals surface area contributed by atoms with Gasteiger partial charge in [-0.2, -0.15) is 0 Å². The average Bonchev–Trinajstić information content (AvgIpc) is 2.58. The fourth-order valence-electron chi connectivity index (χ4n) is 2.48. The zero-order chi connectivity index (χ0) is 19.3. The zero-order valence-electron chi connectivity index (χ0n) is 14.5. The minimum atomic E-state index is -3.61. The molecule has 0 atom stereocenters. The van der Waals surface area contributed by atoms with Gasteiger partial charge in [-0.3, -0.25) is 9.10 Å². The van der Waals surface area contributed by atoms with Crippen LogP contribution in [0.5, 0.6) is 0 Å². The van der Waals surface area contributed by atoms with Crippen molar-refractivity contribution in [1.29, 1.82) is 0 Å². The molecule has 2 aromatic carbocycles. The first kappa shape index (κ1) is 20.6. The molecule has 2 aromatic rings. The van der Waals surface area contributed by atoms with Crippen molar-refractivity contribution in [2.24, 2.45) is 0 Å². The predicted molar refractivity (Wildman–Crippen MR) is 106 cm³/mol. The van der Waals surface area contributed by atoms with Gasteiger partial charge >= 0.3 is 0 Å². The third-order valence-corrected chi connectivity index (χ3v) is 5.53. The first-order valence-electron chi connectivity index (χ1n) is 7.98. The lowest BCUT2D eigenvalue weighted by atomic mass is 10.1. The fraction of sp³-hybridized carbons (Fsp3) is 0.278. The van der Waals surface area contributed by atoms with Gasteiger partial charge in [0.25, 0.3) is 0 Å². The van der Waals surface area contributed by atoms with E-state index in [-0.39, 0.29) is 13.1 Å². The smallest absolute Gasteiger partial charge is 0.241 e. The van der Waals surface area contributed by atoms with Gasteiger partial charge in [-0.15, -0.1) is 0 Å². The van der Waals surface area contributed by atoms with Gasteiger partial charge < -0.3 is 5.32 Å². The molecule has 0 fully saturated rings. The Labute approximate surface area is 164 Å². The molecular formula is C18H20Cl2N2O3S. The summed E-state index contributed by atoms with van der Waals surface area (Å²) in [6.07, 6.45) is 1.74. The summed E-state index contributed by atoms with van der Waals surface area (Å²) in [5, 5.41) is 3.64. The lowest BCUT2D eigenvalue weighted by Gasteiger charge is -2.24. The molecule has 0 bridgehead atoms. The highest BCUT2D eigenvalue weighted by molar-refractivity contribution is 7.92. The van der Waals surface area contributed by atoms with E-state index in [0.29, 0.717) is 27.7 Å². The number of rotatable bonds is 7. The first-order chi connectivity index (χ1) is 12.2. The van der Waals surface area contributed by atoms with E-state index < -0.39 is 15.9 Å². The molecule has 0 saturated carbocycles. The summed E-state index contributed by atoms with van der Waals surface area (Å²) in [4.78, 5) is 12.3. The molecule has 5 nitrogen and oxygen atoms in total. The Morgan fingerprint density at radius 2 is 1.81 bits per heavy atom. The van der Waals surface area contributed by atoms with Gasteiger partial charge in [0.1, 0.15) is 6.54 Å². The number of para-hydroxylation sites is 1. The van der Waals surface area contributed by atoms with Gasteiger partial charge in [-0.1, -0.05) is 54.4 Å². The van der Waals surface area contributed by atoms with Crippen LogP contribution < -0.4 is 9.62 Å². The first-order valence-corrected chi connectivity index (χ1v) is 10.6. The molecule has 0 aliphatic heterocycles. The molecule has 140 valence electrons. The van der Waals surface area contributed by atoms with Crippen molar-refractivity contribution in [3.8, 4) is 0 Å². The maximum Gasteiger partial charge on any atom is 0.241 e. The Morgan fingerprint density at radius 1 is 1.12 bits per heavy atom. The number of carbonyl (C=O) groups is 1. The highest BCUT2D eigenvalue weighted by atomic mass is 35.5. The number of halogens is 2. The van der Waals surface area contributed by atoms with E-state index in [2.05, 4.69) is 5.32 Å². The molecule has 0 saturated heterocycles. The summed E-state index contributed by atoms with van der Waals surface area (Å²) in [7, 11) is -3.61. The zero-order valence-corrected chi connectivity index (χ0v) is 16.8. The molecule has 2 rings (SSSR count). The molecule has 0 spiro atoms. The van der Waals surface area contributed by atoms with Gasteiger partial charge in [0.15, 0.2) is 0 Å². The van der Waals surface area contributed by atoms with Gasteiger partial charge in [0.2, 0.25) is 15.9 Å². The van der Waals surface area contributed by atoms with Gasteiger partial charge in [-0.05, 0) is 35.7 Å². The van der Waals surface area contributed by atoms with Crippen molar-refractivity contribution < 1.29 is 13.2 Å². The summed E-state index contributed by atoms with van der Waals surface area (Å²) in [5.41, 5.74) is 2.06. The second-order valence-electron chi connectivity index (χ2n) is 5.76. The van der Waals surface area contributed by atoms with Crippen LogP contribution in [0.3, 0.4) is 0 Å². The van der Waals surface area contributed by atoms with Crippen molar-refractivity contribution in [2.45, 2.75) is 19.9 Å². The molecule has 0 heterocycles. The van der Waals surface area contributed by atoms with Gasteiger partial charge in [0, 0.05) is 16.6 Å². The Morgan fingerprint density at radius 3 is 2.42 bits per heavy atom. The molecule has 1 N–H and O–H groups in total. The van der Waals surface area contributed by atoms with Crippen LogP contribution in [0, 0.1) is 0 Å². The summed E-state index contributed by atoms with van der Waals surface area (Å²) < 4.78 is 25.5. The van der Waals surface area contributed by atoms with E-state index in [1.807, 2.05) is 19.1 Å². The normalized spacial score (nSPS) is 11.2. The third kappa shape index (κ3) is 5.37. The fourth-order valence-corrected chi connectivity index (χ4v) is 3.84. The van der Waals surface area contributed by atoms with Crippen LogP contribution in [0.1, 0.15) is 18.1 Å². The number of nitrogens with zero attached hydrogens (tertiary/aromatic N) is 1. The highest BCUT2D eigenvalue weighted by Crippen LogP contribution is 2.23. The average molecular weight is 415 g/mol. The number of benzene rings is 2. The second-order valence-corrected chi connectivity index (χ2v) is 8.51. The summed E-state index contributed by atoms with van der Waals surface area (Å²) in [5.74, 6) is -0.424. The van der Waals surface area contributed by atoms with E-state index in [0.717, 1.165) is 16.1 Å². The van der Waals surface area contributed by atoms with Crippen LogP contribution >= 0.6 is 23.2 Å². The van der Waals surface area contributed by atoms with Crippen molar-refractivity contribution in [1.82, 2.24) is 5.32 Å². The predicted octanol–water partition coefficient (Wildman–Crippen LogP) is 3.64. The van der Waals surface area contributed by atoms with E-state index in [4.69, 9.17) is 23.2 Å². The number of amides is 1. The van der Waals surface area contributed by atoms with E-state index in [9.17, 15) is 13.2 Å². The van der Waals surface area contributed by atoms with Crippen molar-refractivity contribution in [2.75, 3.05) is 17.1 Å². The molecule has 0 aliphatic carbocycles. The number of nitrogens with one attached hydrogen (secondary N) is 1. The number of hydrogen-bond acceptors (Lipinski definition) is 3. The molecule has 8 heteroatoms. The molecule has 1 amide bonds. The summed E-state index contributed by atoms with van der Waals surface area (Å²) in [6.45, 7) is 1.81. The standard InChI is InChI=1S/C18H20Cl2N2O3S/c1-3-13-6-4-5-7-17(13)22(26(2,24)25)12-18(23)21-11-14-8-9-15(19)10-16(14)20/h4-10H,3,11-12H2,1-2H3,(H,21,23). The molecule has 0 aliphatic rings. The van der Waals surface area contributed by atoms with E-state index in [1.54, 1.807) is 30.3 Å². The Balaban J connectivity index is 2.15. The number of carbonyl (C=O) groups excluding carboxylic acids is 1. The number of aryl methyl sites for hydroxylation is 1. The van der Waals surface area contributed by atoms with E-state index in [1.165, 1.54) is 0 Å². The highest BCUT2D eigenvalue weighted by Gasteiger charge is 2.22. The van der Waals surface area contributed by atoms with Crippen LogP contribution in [0.15, 0.2) is 42.5 Å². The second kappa shape index (κ2) is 8.75. The van der Waals surface area contributed by atoms with Crippen LogP contribution in [0.2, 0.25) is 10.0 Å². The van der Waals surface area contributed by atoms with Crippen LogP contribution in [-0.2, 0) is 27.8 Å². The van der Waals surface area contributed by atoms with Crippen LogP contribution in [0.25, 0.3) is 0 Å². The molecule has 26 heavy (non-hydrogen) atoms. The molecule has 0 radical (unpaired) electrons. The quantitative estimate of drug-likeness (QED) is 0.751. The van der Waals surface area contributed by atoms with Crippen molar-refractivity contribution in [3.63, 3.8) is 0 Å². The topological polar surface area (TPSA) is 66.5 Å². The maximum atomic E-state index is 12.3. The Bertz CT molecular complexity index is 901. The van der Waals surface area contributed by atoms with Gasteiger partial charge in [-0.25, -0.2) is 8.42 Å². The Kier molecular flexibility index (Phi) is 6.92. The lowest BCUT2D eigenvalue weighted by Crippen LogP contribution is -2.40. The number of hydrogen-bond donors (Lipinski definition) is 1. The largest absolute Gasteiger partial charge is 0.350 e. The summed E-state index contributed by atoms with van der Waals surface area (Å²) in [6, 6.07) is 12.1. The number of sulfonamides is 1. The third-order valence-electron chi connectivity index (χ3n) is 3.82. The number of anilines is 1. The minimum Gasteiger partial charge on any atom is -0.350 e. The minimum absolute atomic E-state index is 0.182. The Hall–Kier alpha value is -1.76. The molecular weight excluding hydrogens is 395 g/mol. The molecule has 0 unspecified atom stereocenters. The maximum absolute atomic E-state index is 12.3. The lowest BCUT2D eigenvalue weighted by molar-refractivity contribution is -0.119. The van der Waals surface area contributed by atoms with Crippen LogP contribution in [0.4, 0.5) is 5.69 Å². The summed E-state index contributed by atoms with van der Waals surface area (Å²) >= 11 is 11.9. The van der Waals surface area contributed by atoms with Gasteiger partial charge in [0.05, 0.1) is 11.9 Å². The van der Waals surface area contributed by atoms with E-state index >= 15 is 0 Å².